The van der Waals surface area contributed by atoms with E-state index >= 15 is 0 Å². The molecule has 16 heavy (non-hydrogen) atoms. The standard InChI is InChI=1S/C4H8N2O3.C4H3NO2/c5-2(4(6)9)1-3(7)8;6-3-1-2-4(7)5-3/h2H,1,5H2,(H2,6,9)(H,7,8);1-2H,(H,5,6,7). The Labute approximate surface area is 90.3 Å². The first kappa shape index (κ1) is 13.8. The Balaban J connectivity index is 0.000000288. The predicted octanol–water partition coefficient (Wildman–Crippen LogP) is -2.53. The van der Waals surface area contributed by atoms with Gasteiger partial charge in [-0.05, 0) is 0 Å². The van der Waals surface area contributed by atoms with Crippen molar-refractivity contribution in [2.75, 3.05) is 0 Å². The molecule has 0 aromatic heterocycles. The monoisotopic (exact) mass is 229 g/mol. The maximum atomic E-state index is 10.1. The quantitative estimate of drug-likeness (QED) is 0.391. The molecule has 0 saturated carbocycles. The number of carbonyl (C=O) groups is 4. The highest BCUT2D eigenvalue weighted by Crippen LogP contribution is 1.84. The number of aliphatic carboxylic acids is 1. The number of imide groups is 1. The number of rotatable bonds is 3. The molecule has 0 aromatic rings. The molecular formula is C8H11N3O5. The maximum Gasteiger partial charge on any atom is 0.305 e. The molecule has 1 aliphatic rings. The van der Waals surface area contributed by atoms with Crippen LogP contribution in [0.4, 0.5) is 0 Å². The zero-order valence-corrected chi connectivity index (χ0v) is 8.17. The summed E-state index contributed by atoms with van der Waals surface area (Å²) < 4.78 is 0. The van der Waals surface area contributed by atoms with Gasteiger partial charge in [0, 0.05) is 12.2 Å². The summed E-state index contributed by atoms with van der Waals surface area (Å²) in [6.07, 6.45) is 1.99. The molecule has 1 aliphatic heterocycles. The molecule has 0 radical (unpaired) electrons. The van der Waals surface area contributed by atoms with Crippen LogP contribution in [0.15, 0.2) is 12.2 Å². The van der Waals surface area contributed by atoms with Crippen LogP contribution >= 0.6 is 0 Å². The number of primary amides is 1. The van der Waals surface area contributed by atoms with E-state index in [1.807, 2.05) is 5.32 Å². The lowest BCUT2D eigenvalue weighted by Crippen LogP contribution is -2.38. The van der Waals surface area contributed by atoms with E-state index in [0.29, 0.717) is 0 Å². The Morgan fingerprint density at radius 1 is 1.31 bits per heavy atom. The van der Waals surface area contributed by atoms with Crippen molar-refractivity contribution in [1.29, 1.82) is 0 Å². The van der Waals surface area contributed by atoms with Crippen molar-refractivity contribution in [1.82, 2.24) is 5.32 Å². The van der Waals surface area contributed by atoms with Crippen molar-refractivity contribution < 1.29 is 24.3 Å². The minimum Gasteiger partial charge on any atom is -0.481 e. The van der Waals surface area contributed by atoms with Gasteiger partial charge in [0.2, 0.25) is 5.91 Å². The molecule has 0 fully saturated rings. The van der Waals surface area contributed by atoms with E-state index in [9.17, 15) is 19.2 Å². The summed E-state index contributed by atoms with van der Waals surface area (Å²) in [6, 6.07) is -1.07. The van der Waals surface area contributed by atoms with Crippen LogP contribution in [0, 0.1) is 0 Å². The molecule has 1 heterocycles. The van der Waals surface area contributed by atoms with Gasteiger partial charge in [-0.15, -0.1) is 0 Å². The van der Waals surface area contributed by atoms with Crippen LogP contribution in [-0.4, -0.2) is 34.8 Å². The van der Waals surface area contributed by atoms with Crippen molar-refractivity contribution in [3.05, 3.63) is 12.2 Å². The second-order valence-electron chi connectivity index (χ2n) is 2.79. The first-order valence-corrected chi connectivity index (χ1v) is 4.12. The van der Waals surface area contributed by atoms with Crippen molar-refractivity contribution >= 4 is 23.7 Å². The third-order valence-electron chi connectivity index (χ3n) is 1.39. The van der Waals surface area contributed by atoms with Gasteiger partial charge in [-0.2, -0.15) is 0 Å². The molecule has 0 spiro atoms. The first-order chi connectivity index (χ1) is 7.32. The minimum atomic E-state index is -1.12. The zero-order valence-electron chi connectivity index (χ0n) is 8.17. The fourth-order valence-electron chi connectivity index (χ4n) is 0.645. The van der Waals surface area contributed by atoms with Gasteiger partial charge in [-0.3, -0.25) is 24.5 Å². The molecule has 1 atom stereocenters. The first-order valence-electron chi connectivity index (χ1n) is 4.12. The summed E-state index contributed by atoms with van der Waals surface area (Å²) in [5, 5.41) is 10.1. The van der Waals surface area contributed by atoms with Gasteiger partial charge in [0.05, 0.1) is 12.5 Å². The third kappa shape index (κ3) is 6.27. The Bertz CT molecular complexity index is 334. The SMILES string of the molecule is NC(=O)C(N)CC(=O)O.O=C1C=CC(=O)N1. The van der Waals surface area contributed by atoms with Crippen LogP contribution in [0.25, 0.3) is 0 Å². The maximum absolute atomic E-state index is 10.1. The van der Waals surface area contributed by atoms with Crippen LogP contribution in [-0.2, 0) is 19.2 Å². The van der Waals surface area contributed by atoms with Gasteiger partial charge in [-0.1, -0.05) is 0 Å². The largest absolute Gasteiger partial charge is 0.481 e. The van der Waals surface area contributed by atoms with Gasteiger partial charge < -0.3 is 16.6 Å². The highest BCUT2D eigenvalue weighted by molar-refractivity contribution is 6.12. The van der Waals surface area contributed by atoms with Gasteiger partial charge in [0.15, 0.2) is 0 Å². The molecule has 0 bridgehead atoms. The second-order valence-corrected chi connectivity index (χ2v) is 2.79. The lowest BCUT2D eigenvalue weighted by molar-refractivity contribution is -0.139. The van der Waals surface area contributed by atoms with E-state index in [4.69, 9.17) is 10.8 Å². The predicted molar refractivity (Wildman–Crippen MR) is 51.7 cm³/mol. The number of hydrogen-bond acceptors (Lipinski definition) is 5. The van der Waals surface area contributed by atoms with Crippen LogP contribution in [0.3, 0.4) is 0 Å². The fourth-order valence-corrected chi connectivity index (χ4v) is 0.645. The normalized spacial score (nSPS) is 14.8. The zero-order chi connectivity index (χ0) is 12.7. The molecule has 0 aromatic carbocycles. The smallest absolute Gasteiger partial charge is 0.305 e. The van der Waals surface area contributed by atoms with Crippen LogP contribution in [0.2, 0.25) is 0 Å². The number of hydrogen-bond donors (Lipinski definition) is 4. The van der Waals surface area contributed by atoms with E-state index in [1.54, 1.807) is 0 Å². The van der Waals surface area contributed by atoms with E-state index in [1.165, 1.54) is 12.2 Å². The summed E-state index contributed by atoms with van der Waals surface area (Å²) in [5.74, 6) is -2.58. The van der Waals surface area contributed by atoms with Gasteiger partial charge in [0.25, 0.3) is 11.8 Å². The number of amides is 3. The topological polar surface area (TPSA) is 153 Å². The molecule has 0 saturated heterocycles. The number of carbonyl (C=O) groups excluding carboxylic acids is 3. The minimum absolute atomic E-state index is 0.329. The molecule has 1 unspecified atom stereocenters. The second kappa shape index (κ2) is 6.30. The number of carboxylic acids is 1. The Morgan fingerprint density at radius 3 is 1.88 bits per heavy atom. The summed E-state index contributed by atoms with van der Waals surface area (Å²) in [7, 11) is 0. The molecule has 6 N–H and O–H groups in total. The van der Waals surface area contributed by atoms with E-state index in [-0.39, 0.29) is 11.8 Å². The number of carboxylic acid groups (broad SMARTS) is 1. The van der Waals surface area contributed by atoms with Crippen LogP contribution in [0.1, 0.15) is 6.42 Å². The average molecular weight is 229 g/mol. The Hall–Kier alpha value is -2.22. The summed E-state index contributed by atoms with van der Waals surface area (Å²) in [6.45, 7) is 0. The van der Waals surface area contributed by atoms with E-state index in [0.717, 1.165) is 0 Å². The van der Waals surface area contributed by atoms with Crippen molar-refractivity contribution in [2.45, 2.75) is 12.5 Å². The van der Waals surface area contributed by atoms with E-state index in [2.05, 4.69) is 5.73 Å². The highest BCUT2D eigenvalue weighted by atomic mass is 16.4. The number of nitrogens with one attached hydrogen (secondary N) is 1. The van der Waals surface area contributed by atoms with Gasteiger partial charge >= 0.3 is 5.97 Å². The lowest BCUT2D eigenvalue weighted by Gasteiger charge is -2.00. The molecule has 8 nitrogen and oxygen atoms in total. The molecule has 0 aliphatic carbocycles. The van der Waals surface area contributed by atoms with Crippen LogP contribution in [0.5, 0.6) is 0 Å². The third-order valence-corrected chi connectivity index (χ3v) is 1.39. The van der Waals surface area contributed by atoms with Crippen molar-refractivity contribution in [3.8, 4) is 0 Å². The van der Waals surface area contributed by atoms with Gasteiger partial charge in [0.1, 0.15) is 0 Å². The average Bonchev–Trinajstić information content (AvgIpc) is 2.49. The Morgan fingerprint density at radius 2 is 1.75 bits per heavy atom. The molecule has 3 amide bonds. The lowest BCUT2D eigenvalue weighted by atomic mass is 10.2. The summed E-state index contributed by atoms with van der Waals surface area (Å²) in [5.41, 5.74) is 9.62. The Kier molecular flexibility index (Phi) is 5.42. The van der Waals surface area contributed by atoms with Crippen LogP contribution < -0.4 is 16.8 Å². The fraction of sp³-hybridized carbons (Fsp3) is 0.250. The molecule has 88 valence electrons. The van der Waals surface area contributed by atoms with Gasteiger partial charge in [-0.25, -0.2) is 0 Å². The van der Waals surface area contributed by atoms with E-state index < -0.39 is 24.3 Å². The highest BCUT2D eigenvalue weighted by Gasteiger charge is 2.12. The molecule has 8 heteroatoms. The van der Waals surface area contributed by atoms with Crippen molar-refractivity contribution in [2.24, 2.45) is 11.5 Å². The summed E-state index contributed by atoms with van der Waals surface area (Å²) in [4.78, 5) is 40.0. The number of nitrogens with two attached hydrogens (primary N) is 2. The molecule has 1 rings (SSSR count). The summed E-state index contributed by atoms with van der Waals surface area (Å²) >= 11 is 0. The van der Waals surface area contributed by atoms with Crippen molar-refractivity contribution in [3.63, 3.8) is 0 Å². The molecular weight excluding hydrogens is 218 g/mol.